The number of hydrogen-bond donors (Lipinski definition) is 4. The first-order valence-electron chi connectivity index (χ1n) is 5.53. The van der Waals surface area contributed by atoms with Crippen molar-refractivity contribution in [1.82, 2.24) is 0 Å². The van der Waals surface area contributed by atoms with Crippen molar-refractivity contribution in [2.24, 2.45) is 0 Å². The molecule has 0 atom stereocenters. The van der Waals surface area contributed by atoms with E-state index in [0.29, 0.717) is 5.56 Å². The molecule has 4 N–H and O–H groups in total. The van der Waals surface area contributed by atoms with Gasteiger partial charge in [-0.3, -0.25) is 4.79 Å². The van der Waals surface area contributed by atoms with Crippen LogP contribution in [0.1, 0.15) is 15.9 Å². The summed E-state index contributed by atoms with van der Waals surface area (Å²) in [6.45, 7) is 0. The lowest BCUT2D eigenvalue weighted by atomic mass is 10.0. The maximum absolute atomic E-state index is 12.0. The third-order valence-electron chi connectivity index (χ3n) is 2.69. The van der Waals surface area contributed by atoms with Crippen molar-refractivity contribution >= 4 is 5.78 Å². The second kappa shape index (κ2) is 4.89. The zero-order valence-corrected chi connectivity index (χ0v) is 9.87. The maximum Gasteiger partial charge on any atom is 0.170 e. The Labute approximate surface area is 109 Å². The van der Waals surface area contributed by atoms with E-state index in [-0.39, 0.29) is 40.8 Å². The minimum Gasteiger partial charge on any atom is -0.508 e. The summed E-state index contributed by atoms with van der Waals surface area (Å²) in [7, 11) is 0. The quantitative estimate of drug-likeness (QED) is 0.499. The van der Waals surface area contributed by atoms with E-state index in [4.69, 9.17) is 10.2 Å². The molecule has 0 saturated heterocycles. The molecule has 2 aromatic carbocycles. The molecule has 0 amide bonds. The van der Waals surface area contributed by atoms with Gasteiger partial charge >= 0.3 is 0 Å². The van der Waals surface area contributed by atoms with Crippen LogP contribution in [0.2, 0.25) is 0 Å². The monoisotopic (exact) mass is 260 g/mol. The third kappa shape index (κ3) is 2.77. The molecule has 0 spiro atoms. The predicted molar refractivity (Wildman–Crippen MR) is 67.6 cm³/mol. The molecule has 0 saturated carbocycles. The van der Waals surface area contributed by atoms with Gasteiger partial charge in [-0.2, -0.15) is 0 Å². The maximum atomic E-state index is 12.0. The van der Waals surface area contributed by atoms with Gasteiger partial charge in [0.1, 0.15) is 11.5 Å². The zero-order chi connectivity index (χ0) is 14.0. The van der Waals surface area contributed by atoms with E-state index in [2.05, 4.69) is 0 Å². The Balaban J connectivity index is 2.23. The molecule has 5 nitrogen and oxygen atoms in total. The van der Waals surface area contributed by atoms with Crippen molar-refractivity contribution in [2.75, 3.05) is 0 Å². The summed E-state index contributed by atoms with van der Waals surface area (Å²) in [4.78, 5) is 12.0. The summed E-state index contributed by atoms with van der Waals surface area (Å²) in [5.41, 5.74) is 0.595. The van der Waals surface area contributed by atoms with E-state index < -0.39 is 0 Å². The van der Waals surface area contributed by atoms with Gasteiger partial charge in [0.05, 0.1) is 5.56 Å². The molecule has 0 aromatic heterocycles. The summed E-state index contributed by atoms with van der Waals surface area (Å²) in [5.74, 6) is -1.35. The summed E-state index contributed by atoms with van der Waals surface area (Å²) >= 11 is 0. The number of benzene rings is 2. The smallest absolute Gasteiger partial charge is 0.170 e. The predicted octanol–water partition coefficient (Wildman–Crippen LogP) is 1.93. The molecule has 0 aliphatic carbocycles. The molecule has 0 unspecified atom stereocenters. The molecular formula is C14H12O5. The van der Waals surface area contributed by atoms with Crippen LogP contribution in [-0.4, -0.2) is 26.2 Å². The number of carbonyl (C=O) groups excluding carboxylic acids is 1. The van der Waals surface area contributed by atoms with Gasteiger partial charge in [0.25, 0.3) is 0 Å². The Hall–Kier alpha value is -2.69. The largest absolute Gasteiger partial charge is 0.508 e. The molecular weight excluding hydrogens is 248 g/mol. The molecule has 0 aliphatic rings. The van der Waals surface area contributed by atoms with Gasteiger partial charge in [-0.05, 0) is 29.8 Å². The number of phenolic OH excluding ortho intramolecular Hbond substituents is 4. The van der Waals surface area contributed by atoms with Crippen molar-refractivity contribution in [3.05, 3.63) is 47.5 Å². The van der Waals surface area contributed by atoms with Gasteiger partial charge in [0.2, 0.25) is 0 Å². The summed E-state index contributed by atoms with van der Waals surface area (Å²) in [6.07, 6.45) is -0.0355. The number of carbonyl (C=O) groups is 1. The standard InChI is InChI=1S/C14H12O5/c15-9-2-3-10(13(18)7-9)12(17)5-8-1-4-11(16)14(19)6-8/h1-4,6-7,15-16,18-19H,5H2. The lowest BCUT2D eigenvalue weighted by Crippen LogP contribution is -2.03. The number of hydrogen-bond acceptors (Lipinski definition) is 5. The normalized spacial score (nSPS) is 10.3. The first-order valence-corrected chi connectivity index (χ1v) is 5.53. The van der Waals surface area contributed by atoms with Crippen LogP contribution in [-0.2, 0) is 6.42 Å². The fourth-order valence-electron chi connectivity index (χ4n) is 1.72. The molecule has 98 valence electrons. The highest BCUT2D eigenvalue weighted by Gasteiger charge is 2.13. The van der Waals surface area contributed by atoms with Crippen molar-refractivity contribution in [2.45, 2.75) is 6.42 Å². The van der Waals surface area contributed by atoms with Crippen molar-refractivity contribution < 1.29 is 25.2 Å². The zero-order valence-electron chi connectivity index (χ0n) is 9.87. The Kier molecular flexibility index (Phi) is 3.29. The highest BCUT2D eigenvalue weighted by atomic mass is 16.3. The van der Waals surface area contributed by atoms with E-state index in [1.54, 1.807) is 0 Å². The van der Waals surface area contributed by atoms with E-state index in [9.17, 15) is 15.0 Å². The molecule has 0 aliphatic heterocycles. The summed E-state index contributed by atoms with van der Waals surface area (Å²) in [6, 6.07) is 7.79. The molecule has 0 radical (unpaired) electrons. The molecule has 2 aromatic rings. The number of rotatable bonds is 3. The van der Waals surface area contributed by atoms with E-state index in [1.807, 2.05) is 0 Å². The summed E-state index contributed by atoms with van der Waals surface area (Å²) < 4.78 is 0. The molecule has 0 bridgehead atoms. The van der Waals surface area contributed by atoms with Crippen LogP contribution in [0, 0.1) is 0 Å². The fraction of sp³-hybridized carbons (Fsp3) is 0.0714. The van der Waals surface area contributed by atoms with Crippen LogP contribution < -0.4 is 0 Å². The van der Waals surface area contributed by atoms with E-state index in [0.717, 1.165) is 6.07 Å². The van der Waals surface area contributed by atoms with Gasteiger partial charge in [-0.25, -0.2) is 0 Å². The van der Waals surface area contributed by atoms with Crippen molar-refractivity contribution in [3.8, 4) is 23.0 Å². The number of aromatic hydroxyl groups is 4. The van der Waals surface area contributed by atoms with Crippen molar-refractivity contribution in [1.29, 1.82) is 0 Å². The second-order valence-electron chi connectivity index (χ2n) is 4.12. The van der Waals surface area contributed by atoms with Crippen LogP contribution in [0.4, 0.5) is 0 Å². The molecule has 19 heavy (non-hydrogen) atoms. The average molecular weight is 260 g/mol. The number of phenols is 4. The molecule has 0 fully saturated rings. The molecule has 5 heteroatoms. The topological polar surface area (TPSA) is 98.0 Å². The lowest BCUT2D eigenvalue weighted by Gasteiger charge is -2.05. The Morgan fingerprint density at radius 3 is 2.21 bits per heavy atom. The third-order valence-corrected chi connectivity index (χ3v) is 2.69. The van der Waals surface area contributed by atoms with Crippen LogP contribution in [0.15, 0.2) is 36.4 Å². The Morgan fingerprint density at radius 1 is 0.842 bits per heavy atom. The van der Waals surface area contributed by atoms with E-state index in [1.165, 1.54) is 30.3 Å². The fourth-order valence-corrected chi connectivity index (χ4v) is 1.72. The van der Waals surface area contributed by atoms with Crippen LogP contribution in [0.25, 0.3) is 0 Å². The van der Waals surface area contributed by atoms with E-state index >= 15 is 0 Å². The highest BCUT2D eigenvalue weighted by molar-refractivity contribution is 6.00. The Morgan fingerprint density at radius 2 is 1.58 bits per heavy atom. The second-order valence-corrected chi connectivity index (χ2v) is 4.12. The van der Waals surface area contributed by atoms with Crippen LogP contribution in [0.5, 0.6) is 23.0 Å². The minimum absolute atomic E-state index is 0.0355. The first kappa shape index (κ1) is 12.8. The number of ketones is 1. The lowest BCUT2D eigenvalue weighted by molar-refractivity contribution is 0.0990. The van der Waals surface area contributed by atoms with Crippen LogP contribution >= 0.6 is 0 Å². The van der Waals surface area contributed by atoms with Gasteiger partial charge in [-0.1, -0.05) is 6.07 Å². The molecule has 2 rings (SSSR count). The van der Waals surface area contributed by atoms with Gasteiger partial charge in [0, 0.05) is 12.5 Å². The average Bonchev–Trinajstić information content (AvgIpc) is 2.33. The SMILES string of the molecule is O=C(Cc1ccc(O)c(O)c1)c1ccc(O)cc1O. The van der Waals surface area contributed by atoms with Gasteiger partial charge in [-0.15, -0.1) is 0 Å². The van der Waals surface area contributed by atoms with Gasteiger partial charge < -0.3 is 20.4 Å². The summed E-state index contributed by atoms with van der Waals surface area (Å²) in [5, 5.41) is 37.2. The van der Waals surface area contributed by atoms with Gasteiger partial charge in [0.15, 0.2) is 17.3 Å². The van der Waals surface area contributed by atoms with Crippen LogP contribution in [0.3, 0.4) is 0 Å². The minimum atomic E-state index is -0.359. The first-order chi connectivity index (χ1) is 8.97. The number of Topliss-reactive ketones (excluding diaryl/α,β-unsaturated/α-hetero) is 1. The molecule has 0 heterocycles. The Bertz CT molecular complexity index is 634. The highest BCUT2D eigenvalue weighted by Crippen LogP contribution is 2.27. The van der Waals surface area contributed by atoms with Crippen molar-refractivity contribution in [3.63, 3.8) is 0 Å².